The van der Waals surface area contributed by atoms with Gasteiger partial charge in [0.05, 0.1) is 11.7 Å². The summed E-state index contributed by atoms with van der Waals surface area (Å²) in [5.74, 6) is 5.53. The van der Waals surface area contributed by atoms with Crippen LogP contribution in [0.3, 0.4) is 0 Å². The van der Waals surface area contributed by atoms with Crippen LogP contribution >= 0.6 is 11.5 Å². The van der Waals surface area contributed by atoms with E-state index in [0.29, 0.717) is 0 Å². The number of hydrogen-bond donors (Lipinski definition) is 2. The minimum atomic E-state index is 0.109. The van der Waals surface area contributed by atoms with Crippen molar-refractivity contribution < 1.29 is 0 Å². The third-order valence-electron chi connectivity index (χ3n) is 2.74. The third kappa shape index (κ3) is 3.59. The molecule has 1 atom stereocenters. The summed E-state index contributed by atoms with van der Waals surface area (Å²) in [5, 5.41) is 5.98. The van der Waals surface area contributed by atoms with E-state index < -0.39 is 0 Å². The zero-order valence-corrected chi connectivity index (χ0v) is 10.4. The second kappa shape index (κ2) is 6.44. The summed E-state index contributed by atoms with van der Waals surface area (Å²) in [5.41, 5.74) is 5.09. The van der Waals surface area contributed by atoms with E-state index in [-0.39, 0.29) is 6.04 Å². The van der Waals surface area contributed by atoms with Gasteiger partial charge >= 0.3 is 0 Å². The van der Waals surface area contributed by atoms with Crippen LogP contribution in [-0.4, -0.2) is 9.59 Å². The molecule has 3 N–H and O–H groups in total. The maximum absolute atomic E-state index is 5.53. The smallest absolute Gasteiger partial charge is 0.0938 e. The van der Waals surface area contributed by atoms with Crippen molar-refractivity contribution in [1.82, 2.24) is 15.0 Å². The maximum atomic E-state index is 5.53. The molecule has 1 aromatic heterocycles. The van der Waals surface area contributed by atoms with Gasteiger partial charge in [0.2, 0.25) is 0 Å². The van der Waals surface area contributed by atoms with Gasteiger partial charge in [-0.05, 0) is 36.4 Å². The van der Waals surface area contributed by atoms with E-state index in [1.165, 1.54) is 17.1 Å². The van der Waals surface area contributed by atoms with Gasteiger partial charge in [0, 0.05) is 5.38 Å². The highest BCUT2D eigenvalue weighted by molar-refractivity contribution is 7.03. The van der Waals surface area contributed by atoms with Crippen LogP contribution in [-0.2, 0) is 6.42 Å². The number of hydrazine groups is 1. The Labute approximate surface area is 105 Å². The van der Waals surface area contributed by atoms with Gasteiger partial charge in [-0.25, -0.2) is 0 Å². The molecule has 0 spiro atoms. The van der Waals surface area contributed by atoms with Gasteiger partial charge in [-0.2, -0.15) is 0 Å². The highest BCUT2D eigenvalue weighted by Gasteiger charge is 2.11. The van der Waals surface area contributed by atoms with Gasteiger partial charge in [-0.15, -0.1) is 5.10 Å². The summed E-state index contributed by atoms with van der Waals surface area (Å²) in [6.07, 6.45) is 3.11. The second-order valence-electron chi connectivity index (χ2n) is 3.93. The Morgan fingerprint density at radius 3 is 2.76 bits per heavy atom. The maximum Gasteiger partial charge on any atom is 0.0938 e. The van der Waals surface area contributed by atoms with E-state index in [9.17, 15) is 0 Å². The van der Waals surface area contributed by atoms with E-state index in [1.54, 1.807) is 0 Å². The first kappa shape index (κ1) is 12.2. The Bertz CT molecular complexity index is 415. The Hall–Kier alpha value is -1.30. The molecule has 2 rings (SSSR count). The van der Waals surface area contributed by atoms with Crippen molar-refractivity contribution in [2.24, 2.45) is 5.84 Å². The lowest BCUT2D eigenvalue weighted by atomic mass is 10.0. The first-order valence-electron chi connectivity index (χ1n) is 5.67. The van der Waals surface area contributed by atoms with E-state index >= 15 is 0 Å². The highest BCUT2D eigenvalue weighted by atomic mass is 32.1. The molecule has 1 aromatic carbocycles. The molecule has 0 saturated heterocycles. The minimum Gasteiger partial charge on any atom is -0.271 e. The standard InChI is InChI=1S/C12H16N4S/c13-14-11(12-9-17-16-15-12)8-4-7-10-5-2-1-3-6-10/h1-3,5-6,9,11,14H,4,7-8,13H2. The lowest BCUT2D eigenvalue weighted by molar-refractivity contribution is 0.487. The topological polar surface area (TPSA) is 63.8 Å². The van der Waals surface area contributed by atoms with Crippen molar-refractivity contribution in [1.29, 1.82) is 0 Å². The molecule has 1 unspecified atom stereocenters. The number of nitrogens with two attached hydrogens (primary N) is 1. The summed E-state index contributed by atoms with van der Waals surface area (Å²) >= 11 is 1.36. The van der Waals surface area contributed by atoms with Crippen LogP contribution in [0.5, 0.6) is 0 Å². The summed E-state index contributed by atoms with van der Waals surface area (Å²) in [6.45, 7) is 0. The van der Waals surface area contributed by atoms with Crippen LogP contribution in [0.25, 0.3) is 0 Å². The Balaban J connectivity index is 1.81. The number of nitrogens with zero attached hydrogens (tertiary/aromatic N) is 2. The molecule has 0 aliphatic carbocycles. The fourth-order valence-electron chi connectivity index (χ4n) is 1.80. The van der Waals surface area contributed by atoms with Crippen LogP contribution in [0.4, 0.5) is 0 Å². The van der Waals surface area contributed by atoms with Crippen molar-refractivity contribution >= 4 is 11.5 Å². The lowest BCUT2D eigenvalue weighted by Crippen LogP contribution is -2.28. The molecule has 5 heteroatoms. The molecule has 2 aromatic rings. The highest BCUT2D eigenvalue weighted by Crippen LogP contribution is 2.17. The number of hydrogen-bond acceptors (Lipinski definition) is 5. The predicted molar refractivity (Wildman–Crippen MR) is 69.4 cm³/mol. The van der Waals surface area contributed by atoms with Crippen molar-refractivity contribution in [2.75, 3.05) is 0 Å². The van der Waals surface area contributed by atoms with Gasteiger partial charge in [-0.1, -0.05) is 34.8 Å². The molecule has 1 heterocycles. The van der Waals surface area contributed by atoms with Crippen LogP contribution in [0, 0.1) is 0 Å². The van der Waals surface area contributed by atoms with Crippen LogP contribution < -0.4 is 11.3 Å². The molecule has 0 fully saturated rings. The summed E-state index contributed by atoms with van der Waals surface area (Å²) in [7, 11) is 0. The Morgan fingerprint density at radius 1 is 1.29 bits per heavy atom. The van der Waals surface area contributed by atoms with Gasteiger partial charge in [0.15, 0.2) is 0 Å². The molecule has 0 radical (unpaired) electrons. The molecule has 0 saturated carbocycles. The van der Waals surface area contributed by atoms with Crippen LogP contribution in [0.15, 0.2) is 35.7 Å². The normalized spacial score (nSPS) is 12.5. The van der Waals surface area contributed by atoms with Gasteiger partial charge in [0.1, 0.15) is 0 Å². The zero-order valence-electron chi connectivity index (χ0n) is 9.54. The summed E-state index contributed by atoms with van der Waals surface area (Å²) in [6, 6.07) is 10.6. The molecule has 90 valence electrons. The van der Waals surface area contributed by atoms with Gasteiger partial charge in [-0.3, -0.25) is 11.3 Å². The van der Waals surface area contributed by atoms with E-state index in [0.717, 1.165) is 25.0 Å². The number of rotatable bonds is 6. The molecule has 0 aliphatic heterocycles. The molecule has 17 heavy (non-hydrogen) atoms. The quantitative estimate of drug-likeness (QED) is 0.607. The molecular formula is C12H16N4S. The number of nitrogens with one attached hydrogen (secondary N) is 1. The predicted octanol–water partition coefficient (Wildman–Crippen LogP) is 2.07. The SMILES string of the molecule is NNC(CCCc1ccccc1)c1csnn1. The van der Waals surface area contributed by atoms with Gasteiger partial charge in [0.25, 0.3) is 0 Å². The second-order valence-corrected chi connectivity index (χ2v) is 4.54. The molecule has 4 nitrogen and oxygen atoms in total. The number of aromatic nitrogens is 2. The van der Waals surface area contributed by atoms with Crippen molar-refractivity contribution in [3.05, 3.63) is 47.0 Å². The average Bonchev–Trinajstić information content (AvgIpc) is 2.90. The Morgan fingerprint density at radius 2 is 2.12 bits per heavy atom. The Kier molecular flexibility index (Phi) is 4.61. The average molecular weight is 248 g/mol. The van der Waals surface area contributed by atoms with Crippen molar-refractivity contribution in [3.63, 3.8) is 0 Å². The van der Waals surface area contributed by atoms with E-state index in [4.69, 9.17) is 5.84 Å². The van der Waals surface area contributed by atoms with Crippen molar-refractivity contribution in [2.45, 2.75) is 25.3 Å². The molecule has 0 bridgehead atoms. The summed E-state index contributed by atoms with van der Waals surface area (Å²) in [4.78, 5) is 0. The van der Waals surface area contributed by atoms with Crippen LogP contribution in [0.1, 0.15) is 30.1 Å². The largest absolute Gasteiger partial charge is 0.271 e. The minimum absolute atomic E-state index is 0.109. The first-order valence-corrected chi connectivity index (χ1v) is 6.51. The molecule has 0 amide bonds. The third-order valence-corrected chi connectivity index (χ3v) is 3.26. The number of aryl methyl sites for hydroxylation is 1. The lowest BCUT2D eigenvalue weighted by Gasteiger charge is -2.12. The van der Waals surface area contributed by atoms with Gasteiger partial charge < -0.3 is 0 Å². The van der Waals surface area contributed by atoms with Crippen molar-refractivity contribution in [3.8, 4) is 0 Å². The monoisotopic (exact) mass is 248 g/mol. The number of benzene rings is 1. The zero-order chi connectivity index (χ0) is 11.9. The first-order chi connectivity index (χ1) is 8.40. The van der Waals surface area contributed by atoms with E-state index in [1.807, 2.05) is 11.4 Å². The van der Waals surface area contributed by atoms with Crippen LogP contribution in [0.2, 0.25) is 0 Å². The summed E-state index contributed by atoms with van der Waals surface area (Å²) < 4.78 is 3.85. The molecular weight excluding hydrogens is 232 g/mol. The fraction of sp³-hybridized carbons (Fsp3) is 0.333. The molecule has 0 aliphatic rings. The fourth-order valence-corrected chi connectivity index (χ4v) is 2.30. The van der Waals surface area contributed by atoms with E-state index in [2.05, 4.69) is 39.3 Å².